The highest BCUT2D eigenvalue weighted by Gasteiger charge is 2.13. The topological polar surface area (TPSA) is 111 Å². The standard InChI is InChI=1S/C12H15N3O4/c1-19-12(18)8-4-2-3-5-9(8)15-11(17)7-14-10(16)6-13/h2-5H,6-7,13H2,1H3,(H,14,16)(H,15,17). The fourth-order valence-electron chi connectivity index (χ4n) is 1.33. The molecule has 0 atom stereocenters. The number of anilines is 1. The lowest BCUT2D eigenvalue weighted by Crippen LogP contribution is -2.36. The Morgan fingerprint density at radius 3 is 2.53 bits per heavy atom. The third kappa shape index (κ3) is 4.40. The molecule has 0 bridgehead atoms. The molecule has 0 spiro atoms. The molecule has 0 aliphatic carbocycles. The van der Waals surface area contributed by atoms with Crippen LogP contribution in [0, 0.1) is 0 Å². The number of amides is 2. The van der Waals surface area contributed by atoms with Gasteiger partial charge < -0.3 is 21.1 Å². The number of methoxy groups -OCH3 is 1. The van der Waals surface area contributed by atoms with Crippen molar-refractivity contribution in [3.63, 3.8) is 0 Å². The molecule has 0 radical (unpaired) electrons. The Hall–Kier alpha value is -2.41. The Balaban J connectivity index is 2.69. The number of carbonyl (C=O) groups is 3. The maximum atomic E-state index is 11.6. The van der Waals surface area contributed by atoms with Gasteiger partial charge in [0.05, 0.1) is 31.5 Å². The van der Waals surface area contributed by atoms with Crippen molar-refractivity contribution in [1.82, 2.24) is 5.32 Å². The van der Waals surface area contributed by atoms with Crippen LogP contribution in [0.1, 0.15) is 10.4 Å². The zero-order chi connectivity index (χ0) is 14.3. The molecule has 7 nitrogen and oxygen atoms in total. The Kier molecular flexibility index (Phi) is 5.49. The summed E-state index contributed by atoms with van der Waals surface area (Å²) in [6, 6.07) is 6.41. The van der Waals surface area contributed by atoms with Crippen molar-refractivity contribution in [2.45, 2.75) is 0 Å². The fourth-order valence-corrected chi connectivity index (χ4v) is 1.33. The Morgan fingerprint density at radius 1 is 1.21 bits per heavy atom. The van der Waals surface area contributed by atoms with E-state index in [2.05, 4.69) is 15.4 Å². The van der Waals surface area contributed by atoms with Crippen LogP contribution in [0.4, 0.5) is 5.69 Å². The minimum atomic E-state index is -0.554. The van der Waals surface area contributed by atoms with E-state index < -0.39 is 17.8 Å². The summed E-state index contributed by atoms with van der Waals surface area (Å²) in [5.41, 5.74) is 5.65. The number of nitrogens with two attached hydrogens (primary N) is 1. The Morgan fingerprint density at radius 2 is 1.89 bits per heavy atom. The molecule has 0 aromatic heterocycles. The van der Waals surface area contributed by atoms with Crippen LogP contribution in [0.2, 0.25) is 0 Å². The van der Waals surface area contributed by atoms with Crippen LogP contribution in [0.25, 0.3) is 0 Å². The van der Waals surface area contributed by atoms with Crippen molar-refractivity contribution in [2.75, 3.05) is 25.5 Å². The van der Waals surface area contributed by atoms with Crippen molar-refractivity contribution < 1.29 is 19.1 Å². The Bertz CT molecular complexity index is 488. The number of hydrogen-bond acceptors (Lipinski definition) is 5. The summed E-state index contributed by atoms with van der Waals surface area (Å²) in [7, 11) is 1.25. The first kappa shape index (κ1) is 14.7. The average Bonchev–Trinajstić information content (AvgIpc) is 2.44. The van der Waals surface area contributed by atoms with Gasteiger partial charge in [-0.3, -0.25) is 9.59 Å². The van der Waals surface area contributed by atoms with Crippen LogP contribution in [-0.2, 0) is 14.3 Å². The van der Waals surface area contributed by atoms with Crippen LogP contribution in [0.3, 0.4) is 0 Å². The summed E-state index contributed by atoms with van der Waals surface area (Å²) < 4.78 is 4.60. The second kappa shape index (κ2) is 7.12. The molecule has 0 unspecified atom stereocenters. The van der Waals surface area contributed by atoms with E-state index in [1.165, 1.54) is 13.2 Å². The van der Waals surface area contributed by atoms with Crippen molar-refractivity contribution >= 4 is 23.5 Å². The van der Waals surface area contributed by atoms with E-state index in [-0.39, 0.29) is 18.7 Å². The molecule has 0 heterocycles. The number of nitrogens with one attached hydrogen (secondary N) is 2. The van der Waals surface area contributed by atoms with E-state index in [1.54, 1.807) is 18.2 Å². The van der Waals surface area contributed by atoms with Crippen molar-refractivity contribution in [3.05, 3.63) is 29.8 Å². The van der Waals surface area contributed by atoms with Crippen molar-refractivity contribution in [3.8, 4) is 0 Å². The summed E-state index contributed by atoms with van der Waals surface area (Å²) in [4.78, 5) is 33.9. The van der Waals surface area contributed by atoms with Gasteiger partial charge in [-0.1, -0.05) is 12.1 Å². The summed E-state index contributed by atoms with van der Waals surface area (Å²) >= 11 is 0. The summed E-state index contributed by atoms with van der Waals surface area (Å²) in [5, 5.41) is 4.83. The number of ether oxygens (including phenoxy) is 1. The first-order valence-corrected chi connectivity index (χ1v) is 5.52. The molecular weight excluding hydrogens is 250 g/mol. The molecule has 19 heavy (non-hydrogen) atoms. The lowest BCUT2D eigenvalue weighted by Gasteiger charge is -2.09. The lowest BCUT2D eigenvalue weighted by molar-refractivity contribution is -0.123. The average molecular weight is 265 g/mol. The second-order valence-corrected chi connectivity index (χ2v) is 3.57. The predicted molar refractivity (Wildman–Crippen MR) is 68.5 cm³/mol. The number of carbonyl (C=O) groups excluding carboxylic acids is 3. The number of para-hydroxylation sites is 1. The van der Waals surface area contributed by atoms with Gasteiger partial charge in [0.15, 0.2) is 0 Å². The van der Waals surface area contributed by atoms with Gasteiger partial charge in [0.2, 0.25) is 11.8 Å². The molecule has 0 saturated carbocycles. The molecular formula is C12H15N3O4. The highest BCUT2D eigenvalue weighted by atomic mass is 16.5. The minimum absolute atomic E-state index is 0.188. The molecule has 1 aromatic rings. The normalized spacial score (nSPS) is 9.58. The Labute approximate surface area is 110 Å². The summed E-state index contributed by atoms with van der Waals surface area (Å²) in [5.74, 6) is -1.45. The molecule has 0 saturated heterocycles. The third-order valence-corrected chi connectivity index (χ3v) is 2.24. The number of benzene rings is 1. The summed E-state index contributed by atoms with van der Waals surface area (Å²) in [6.07, 6.45) is 0. The largest absolute Gasteiger partial charge is 0.465 e. The van der Waals surface area contributed by atoms with Crippen LogP contribution < -0.4 is 16.4 Å². The van der Waals surface area contributed by atoms with Gasteiger partial charge in [-0.2, -0.15) is 0 Å². The SMILES string of the molecule is COC(=O)c1ccccc1NC(=O)CNC(=O)CN. The molecule has 0 fully saturated rings. The lowest BCUT2D eigenvalue weighted by atomic mass is 10.2. The quantitative estimate of drug-likeness (QED) is 0.621. The van der Waals surface area contributed by atoms with Crippen LogP contribution in [0.15, 0.2) is 24.3 Å². The number of esters is 1. The highest BCUT2D eigenvalue weighted by Crippen LogP contribution is 2.15. The van der Waals surface area contributed by atoms with E-state index in [0.717, 1.165) is 0 Å². The van der Waals surface area contributed by atoms with Crippen LogP contribution >= 0.6 is 0 Å². The minimum Gasteiger partial charge on any atom is -0.465 e. The van der Waals surface area contributed by atoms with Gasteiger partial charge in [-0.15, -0.1) is 0 Å². The predicted octanol–water partition coefficient (Wildman–Crippen LogP) is -0.513. The van der Waals surface area contributed by atoms with E-state index in [9.17, 15) is 14.4 Å². The maximum absolute atomic E-state index is 11.6. The molecule has 1 aromatic carbocycles. The molecule has 4 N–H and O–H groups in total. The van der Waals surface area contributed by atoms with Crippen molar-refractivity contribution in [2.24, 2.45) is 5.73 Å². The zero-order valence-electron chi connectivity index (χ0n) is 10.4. The highest BCUT2D eigenvalue weighted by molar-refractivity contribution is 6.02. The number of hydrogen-bond donors (Lipinski definition) is 3. The second-order valence-electron chi connectivity index (χ2n) is 3.57. The molecule has 102 valence electrons. The zero-order valence-corrected chi connectivity index (χ0v) is 10.4. The monoisotopic (exact) mass is 265 g/mol. The molecule has 0 aliphatic heterocycles. The van der Waals surface area contributed by atoms with Gasteiger partial charge >= 0.3 is 5.97 Å². The van der Waals surface area contributed by atoms with E-state index >= 15 is 0 Å². The molecule has 0 aliphatic rings. The number of rotatable bonds is 5. The smallest absolute Gasteiger partial charge is 0.339 e. The first-order valence-electron chi connectivity index (χ1n) is 5.52. The van der Waals surface area contributed by atoms with E-state index in [1.807, 2.05) is 0 Å². The summed E-state index contributed by atoms with van der Waals surface area (Å²) in [6.45, 7) is -0.405. The van der Waals surface area contributed by atoms with Gasteiger partial charge in [-0.05, 0) is 12.1 Å². The molecule has 2 amide bonds. The van der Waals surface area contributed by atoms with Crippen LogP contribution in [-0.4, -0.2) is 38.0 Å². The van der Waals surface area contributed by atoms with E-state index in [0.29, 0.717) is 5.69 Å². The molecule has 1 rings (SSSR count). The van der Waals surface area contributed by atoms with Gasteiger partial charge in [-0.25, -0.2) is 4.79 Å². The maximum Gasteiger partial charge on any atom is 0.339 e. The fraction of sp³-hybridized carbons (Fsp3) is 0.250. The van der Waals surface area contributed by atoms with Gasteiger partial charge in [0, 0.05) is 0 Å². The van der Waals surface area contributed by atoms with Gasteiger partial charge in [0.1, 0.15) is 0 Å². The molecule has 7 heteroatoms. The van der Waals surface area contributed by atoms with Crippen molar-refractivity contribution in [1.29, 1.82) is 0 Å². The first-order chi connectivity index (χ1) is 9.08. The van der Waals surface area contributed by atoms with Crippen LogP contribution in [0.5, 0.6) is 0 Å². The third-order valence-electron chi connectivity index (χ3n) is 2.24. The van der Waals surface area contributed by atoms with Gasteiger partial charge in [0.25, 0.3) is 0 Å². The van der Waals surface area contributed by atoms with E-state index in [4.69, 9.17) is 5.73 Å².